The standard InChI is InChI=1S/C13H20N4O2/c1-4-10-13(19)17(9(2)12(18)15-10)7-5-11-14-6-8-16(11)3/h6,8-10H,4-5,7H2,1-3H3,(H,15,18). The lowest BCUT2D eigenvalue weighted by Gasteiger charge is -2.37. The quantitative estimate of drug-likeness (QED) is 0.838. The highest BCUT2D eigenvalue weighted by atomic mass is 16.2. The minimum atomic E-state index is -0.407. The van der Waals surface area contributed by atoms with E-state index in [4.69, 9.17) is 0 Å². The highest BCUT2D eigenvalue weighted by molar-refractivity contribution is 5.96. The number of aromatic nitrogens is 2. The van der Waals surface area contributed by atoms with Crippen molar-refractivity contribution in [3.63, 3.8) is 0 Å². The van der Waals surface area contributed by atoms with Crippen molar-refractivity contribution in [1.29, 1.82) is 0 Å². The van der Waals surface area contributed by atoms with E-state index in [0.717, 1.165) is 5.82 Å². The van der Waals surface area contributed by atoms with Crippen LogP contribution in [0.2, 0.25) is 0 Å². The fourth-order valence-electron chi connectivity index (χ4n) is 2.32. The van der Waals surface area contributed by atoms with E-state index in [-0.39, 0.29) is 17.9 Å². The molecule has 0 bridgehead atoms. The van der Waals surface area contributed by atoms with Crippen molar-refractivity contribution < 1.29 is 9.59 Å². The molecule has 1 N–H and O–H groups in total. The first kappa shape index (κ1) is 13.6. The number of piperazine rings is 1. The molecule has 6 heteroatoms. The highest BCUT2D eigenvalue weighted by Gasteiger charge is 2.36. The molecular weight excluding hydrogens is 244 g/mol. The Morgan fingerprint density at radius 1 is 1.42 bits per heavy atom. The van der Waals surface area contributed by atoms with Gasteiger partial charge < -0.3 is 14.8 Å². The zero-order chi connectivity index (χ0) is 14.0. The van der Waals surface area contributed by atoms with Crippen LogP contribution < -0.4 is 5.32 Å². The minimum Gasteiger partial charge on any atom is -0.343 e. The van der Waals surface area contributed by atoms with E-state index in [1.165, 1.54) is 0 Å². The summed E-state index contributed by atoms with van der Waals surface area (Å²) < 4.78 is 1.93. The first-order valence-electron chi connectivity index (χ1n) is 6.61. The number of nitrogens with one attached hydrogen (secondary N) is 1. The molecule has 6 nitrogen and oxygen atoms in total. The molecule has 0 radical (unpaired) electrons. The number of imidazole rings is 1. The molecule has 19 heavy (non-hydrogen) atoms. The Balaban J connectivity index is 2.06. The highest BCUT2D eigenvalue weighted by Crippen LogP contribution is 2.12. The van der Waals surface area contributed by atoms with Crippen LogP contribution in [0.3, 0.4) is 0 Å². The summed E-state index contributed by atoms with van der Waals surface area (Å²) in [5, 5.41) is 2.75. The third-order valence-electron chi connectivity index (χ3n) is 3.65. The number of aryl methyl sites for hydroxylation is 1. The predicted molar refractivity (Wildman–Crippen MR) is 70.3 cm³/mol. The number of carbonyl (C=O) groups is 2. The van der Waals surface area contributed by atoms with Crippen molar-refractivity contribution in [3.05, 3.63) is 18.2 Å². The van der Waals surface area contributed by atoms with Gasteiger partial charge in [0.15, 0.2) is 0 Å². The maximum atomic E-state index is 12.2. The molecule has 2 atom stereocenters. The molecule has 0 spiro atoms. The van der Waals surface area contributed by atoms with Crippen molar-refractivity contribution in [2.45, 2.75) is 38.8 Å². The summed E-state index contributed by atoms with van der Waals surface area (Å²) in [5.74, 6) is 0.842. The topological polar surface area (TPSA) is 67.2 Å². The van der Waals surface area contributed by atoms with Crippen molar-refractivity contribution in [2.24, 2.45) is 7.05 Å². The normalized spacial score (nSPS) is 23.6. The summed E-state index contributed by atoms with van der Waals surface area (Å²) >= 11 is 0. The zero-order valence-electron chi connectivity index (χ0n) is 11.6. The van der Waals surface area contributed by atoms with Gasteiger partial charge in [0.25, 0.3) is 0 Å². The van der Waals surface area contributed by atoms with Crippen LogP contribution in [0.4, 0.5) is 0 Å². The van der Waals surface area contributed by atoms with Crippen LogP contribution in [-0.2, 0) is 23.1 Å². The van der Waals surface area contributed by atoms with E-state index in [2.05, 4.69) is 10.3 Å². The molecule has 1 aromatic rings. The summed E-state index contributed by atoms with van der Waals surface area (Å²) in [6.07, 6.45) is 4.89. The van der Waals surface area contributed by atoms with Crippen LogP contribution in [0, 0.1) is 0 Å². The molecule has 104 valence electrons. The molecule has 1 saturated heterocycles. The average molecular weight is 264 g/mol. The Labute approximate surface area is 112 Å². The predicted octanol–water partition coefficient (Wildman–Crippen LogP) is 0.0881. The van der Waals surface area contributed by atoms with Gasteiger partial charge in [-0.05, 0) is 13.3 Å². The lowest BCUT2D eigenvalue weighted by molar-refractivity contribution is -0.148. The van der Waals surface area contributed by atoms with Gasteiger partial charge in [-0.1, -0.05) is 6.92 Å². The second-order valence-electron chi connectivity index (χ2n) is 4.88. The minimum absolute atomic E-state index is 0.00353. The molecule has 1 fully saturated rings. The second kappa shape index (κ2) is 5.42. The maximum absolute atomic E-state index is 12.2. The van der Waals surface area contributed by atoms with Gasteiger partial charge in [0.2, 0.25) is 11.8 Å². The van der Waals surface area contributed by atoms with Gasteiger partial charge in [0, 0.05) is 32.4 Å². The molecular formula is C13H20N4O2. The third-order valence-corrected chi connectivity index (χ3v) is 3.65. The van der Waals surface area contributed by atoms with E-state index >= 15 is 0 Å². The van der Waals surface area contributed by atoms with Crippen LogP contribution in [-0.4, -0.2) is 44.9 Å². The number of hydrogen-bond acceptors (Lipinski definition) is 3. The van der Waals surface area contributed by atoms with Crippen LogP contribution in [0.5, 0.6) is 0 Å². The number of amides is 2. The van der Waals surface area contributed by atoms with Gasteiger partial charge in [0.1, 0.15) is 17.9 Å². The van der Waals surface area contributed by atoms with Crippen molar-refractivity contribution in [3.8, 4) is 0 Å². The Kier molecular flexibility index (Phi) is 3.87. The summed E-state index contributed by atoms with van der Waals surface area (Å²) in [6, 6.07) is -0.791. The van der Waals surface area contributed by atoms with Gasteiger partial charge in [-0.3, -0.25) is 9.59 Å². The third kappa shape index (κ3) is 2.62. The van der Waals surface area contributed by atoms with Crippen LogP contribution in [0.1, 0.15) is 26.1 Å². The molecule has 0 aliphatic carbocycles. The average Bonchev–Trinajstić information content (AvgIpc) is 2.79. The molecule has 1 aliphatic rings. The largest absolute Gasteiger partial charge is 0.343 e. The smallest absolute Gasteiger partial charge is 0.245 e. The molecule has 1 aromatic heterocycles. The molecule has 2 rings (SSSR count). The Morgan fingerprint density at radius 2 is 2.16 bits per heavy atom. The molecule has 0 aromatic carbocycles. The van der Waals surface area contributed by atoms with E-state index in [9.17, 15) is 9.59 Å². The molecule has 0 saturated carbocycles. The summed E-state index contributed by atoms with van der Waals surface area (Å²) in [4.78, 5) is 30.0. The number of rotatable bonds is 4. The van der Waals surface area contributed by atoms with Gasteiger partial charge in [-0.2, -0.15) is 0 Å². The molecule has 2 unspecified atom stereocenters. The van der Waals surface area contributed by atoms with Crippen molar-refractivity contribution >= 4 is 11.8 Å². The fraction of sp³-hybridized carbons (Fsp3) is 0.615. The van der Waals surface area contributed by atoms with Crippen LogP contribution >= 0.6 is 0 Å². The lowest BCUT2D eigenvalue weighted by atomic mass is 10.1. The van der Waals surface area contributed by atoms with Gasteiger partial charge in [-0.15, -0.1) is 0 Å². The first-order chi connectivity index (χ1) is 9.04. The van der Waals surface area contributed by atoms with Crippen LogP contribution in [0.15, 0.2) is 12.4 Å². The van der Waals surface area contributed by atoms with Gasteiger partial charge in [-0.25, -0.2) is 4.98 Å². The monoisotopic (exact) mass is 264 g/mol. The number of hydrogen-bond donors (Lipinski definition) is 1. The van der Waals surface area contributed by atoms with Crippen LogP contribution in [0.25, 0.3) is 0 Å². The number of nitrogens with zero attached hydrogens (tertiary/aromatic N) is 3. The molecule has 2 heterocycles. The Bertz CT molecular complexity index is 483. The first-order valence-corrected chi connectivity index (χ1v) is 6.61. The second-order valence-corrected chi connectivity index (χ2v) is 4.88. The lowest BCUT2D eigenvalue weighted by Crippen LogP contribution is -2.62. The van der Waals surface area contributed by atoms with Crippen molar-refractivity contribution in [2.75, 3.05) is 6.54 Å². The van der Waals surface area contributed by atoms with Gasteiger partial charge in [0.05, 0.1) is 0 Å². The summed E-state index contributed by atoms with van der Waals surface area (Å²) in [6.45, 7) is 4.18. The van der Waals surface area contributed by atoms with Crippen molar-refractivity contribution in [1.82, 2.24) is 19.8 Å². The Morgan fingerprint density at radius 3 is 2.74 bits per heavy atom. The van der Waals surface area contributed by atoms with E-state index < -0.39 is 6.04 Å². The maximum Gasteiger partial charge on any atom is 0.245 e. The van der Waals surface area contributed by atoms with E-state index in [1.807, 2.05) is 24.7 Å². The Hall–Kier alpha value is -1.85. The molecule has 2 amide bonds. The SMILES string of the molecule is CCC1NC(=O)C(C)N(CCc2nccn2C)C1=O. The van der Waals surface area contributed by atoms with Gasteiger partial charge >= 0.3 is 0 Å². The summed E-state index contributed by atoms with van der Waals surface area (Å²) in [7, 11) is 1.92. The summed E-state index contributed by atoms with van der Waals surface area (Å²) in [5.41, 5.74) is 0. The van der Waals surface area contributed by atoms with E-state index in [1.54, 1.807) is 18.0 Å². The molecule has 1 aliphatic heterocycles. The number of carbonyl (C=O) groups excluding carboxylic acids is 2. The fourth-order valence-corrected chi connectivity index (χ4v) is 2.32. The van der Waals surface area contributed by atoms with E-state index in [0.29, 0.717) is 19.4 Å². The zero-order valence-corrected chi connectivity index (χ0v) is 11.6.